The molecule has 0 aliphatic carbocycles. The minimum Gasteiger partial charge on any atom is -0.481 e. The van der Waals surface area contributed by atoms with Crippen LogP contribution in [0.25, 0.3) is 0 Å². The van der Waals surface area contributed by atoms with Crippen molar-refractivity contribution in [2.24, 2.45) is 0 Å². The SMILES string of the molecule is CCCCCCCC(=O)O.CCCCCCCC(=O)O.[V]. The van der Waals surface area contributed by atoms with Crippen molar-refractivity contribution < 1.29 is 38.4 Å². The van der Waals surface area contributed by atoms with Gasteiger partial charge in [-0.25, -0.2) is 0 Å². The molecule has 0 amide bonds. The predicted molar refractivity (Wildman–Crippen MR) is 82.0 cm³/mol. The molecule has 0 saturated heterocycles. The van der Waals surface area contributed by atoms with Gasteiger partial charge in [-0.1, -0.05) is 65.2 Å². The van der Waals surface area contributed by atoms with E-state index in [9.17, 15) is 9.59 Å². The summed E-state index contributed by atoms with van der Waals surface area (Å²) < 4.78 is 0. The third-order valence-electron chi connectivity index (χ3n) is 2.99. The van der Waals surface area contributed by atoms with Crippen molar-refractivity contribution in [3.05, 3.63) is 0 Å². The molecule has 0 spiro atoms. The number of aliphatic carboxylic acids is 2. The van der Waals surface area contributed by atoms with Crippen LogP contribution in [0, 0.1) is 0 Å². The summed E-state index contributed by atoms with van der Waals surface area (Å²) in [7, 11) is 0. The molecule has 0 aromatic carbocycles. The Morgan fingerprint density at radius 3 is 1.14 bits per heavy atom. The van der Waals surface area contributed by atoms with Crippen LogP contribution in [0.4, 0.5) is 0 Å². The average Bonchev–Trinajstić information content (AvgIpc) is 2.38. The largest absolute Gasteiger partial charge is 0.481 e. The molecule has 0 aromatic heterocycles. The van der Waals surface area contributed by atoms with Crippen molar-refractivity contribution in [3.63, 3.8) is 0 Å². The molecule has 0 aromatic rings. The van der Waals surface area contributed by atoms with Crippen LogP contribution in [0.3, 0.4) is 0 Å². The Hall–Kier alpha value is -0.476. The van der Waals surface area contributed by atoms with Gasteiger partial charge in [-0.15, -0.1) is 0 Å². The van der Waals surface area contributed by atoms with Crippen LogP contribution < -0.4 is 0 Å². The molecule has 1 radical (unpaired) electrons. The Kier molecular flexibility index (Phi) is 26.5. The smallest absolute Gasteiger partial charge is 0.303 e. The molecule has 0 rings (SSSR count). The second kappa shape index (κ2) is 21.8. The standard InChI is InChI=1S/2C8H16O2.V/c2*1-2-3-4-5-6-7-8(9)10;/h2*2-7H2,1H3,(H,9,10);. The Labute approximate surface area is 141 Å². The number of hydrogen-bond acceptors (Lipinski definition) is 2. The van der Waals surface area contributed by atoms with E-state index >= 15 is 0 Å². The number of carboxylic acid groups (broad SMARTS) is 2. The van der Waals surface area contributed by atoms with Crippen molar-refractivity contribution in [2.45, 2.75) is 90.9 Å². The van der Waals surface area contributed by atoms with Crippen LogP contribution in [-0.2, 0) is 28.1 Å². The van der Waals surface area contributed by atoms with Crippen LogP contribution in [0.5, 0.6) is 0 Å². The number of carboxylic acids is 2. The molecule has 5 heteroatoms. The summed E-state index contributed by atoms with van der Waals surface area (Å²) >= 11 is 0. The molecule has 0 atom stereocenters. The normalized spacial score (nSPS) is 9.24. The molecular weight excluding hydrogens is 307 g/mol. The van der Waals surface area contributed by atoms with E-state index in [1.54, 1.807) is 0 Å². The Balaban J connectivity index is -0.000000295. The van der Waals surface area contributed by atoms with E-state index in [1.165, 1.54) is 38.5 Å². The van der Waals surface area contributed by atoms with Crippen LogP contribution in [0.1, 0.15) is 90.9 Å². The van der Waals surface area contributed by atoms with Gasteiger partial charge in [-0.05, 0) is 12.8 Å². The number of rotatable bonds is 12. The molecule has 0 aliphatic heterocycles. The van der Waals surface area contributed by atoms with Crippen molar-refractivity contribution >= 4 is 11.9 Å². The van der Waals surface area contributed by atoms with Crippen LogP contribution in [-0.4, -0.2) is 22.2 Å². The number of carbonyl (C=O) groups is 2. The zero-order valence-electron chi connectivity index (χ0n) is 13.6. The molecule has 0 unspecified atom stereocenters. The number of unbranched alkanes of at least 4 members (excludes halogenated alkanes) is 8. The van der Waals surface area contributed by atoms with Crippen molar-refractivity contribution in [2.75, 3.05) is 0 Å². The Morgan fingerprint density at radius 2 is 0.905 bits per heavy atom. The van der Waals surface area contributed by atoms with Crippen LogP contribution >= 0.6 is 0 Å². The van der Waals surface area contributed by atoms with Gasteiger partial charge in [-0.2, -0.15) is 0 Å². The van der Waals surface area contributed by atoms with E-state index < -0.39 is 11.9 Å². The first-order valence-corrected chi connectivity index (χ1v) is 7.98. The van der Waals surface area contributed by atoms with E-state index in [1.807, 2.05) is 0 Å². The van der Waals surface area contributed by atoms with Crippen molar-refractivity contribution in [3.8, 4) is 0 Å². The molecule has 0 bridgehead atoms. The van der Waals surface area contributed by atoms with E-state index in [-0.39, 0.29) is 18.6 Å². The van der Waals surface area contributed by atoms with Gasteiger partial charge in [0.25, 0.3) is 0 Å². The summed E-state index contributed by atoms with van der Waals surface area (Å²) in [6.07, 6.45) is 11.8. The fourth-order valence-electron chi connectivity index (χ4n) is 1.76. The topological polar surface area (TPSA) is 74.6 Å². The second-order valence-corrected chi connectivity index (χ2v) is 5.12. The Bertz CT molecular complexity index is 208. The van der Waals surface area contributed by atoms with Gasteiger partial charge in [0.2, 0.25) is 0 Å². The molecule has 2 N–H and O–H groups in total. The molecule has 125 valence electrons. The first-order chi connectivity index (χ1) is 9.54. The zero-order valence-corrected chi connectivity index (χ0v) is 15.0. The molecule has 0 fully saturated rings. The molecule has 4 nitrogen and oxygen atoms in total. The molecular formula is C16H32O4V. The summed E-state index contributed by atoms with van der Waals surface area (Å²) in [5.74, 6) is -1.34. The van der Waals surface area contributed by atoms with Gasteiger partial charge >= 0.3 is 11.9 Å². The average molecular weight is 339 g/mol. The quantitative estimate of drug-likeness (QED) is 0.498. The molecule has 0 aliphatic rings. The van der Waals surface area contributed by atoms with E-state index in [2.05, 4.69) is 13.8 Å². The van der Waals surface area contributed by atoms with Crippen molar-refractivity contribution in [1.29, 1.82) is 0 Å². The summed E-state index contributed by atoms with van der Waals surface area (Å²) in [4.78, 5) is 20.1. The number of hydrogen-bond donors (Lipinski definition) is 2. The van der Waals surface area contributed by atoms with E-state index in [0.29, 0.717) is 12.8 Å². The first-order valence-electron chi connectivity index (χ1n) is 7.98. The summed E-state index contributed by atoms with van der Waals surface area (Å²) in [5.41, 5.74) is 0. The van der Waals surface area contributed by atoms with E-state index in [0.717, 1.165) is 25.7 Å². The van der Waals surface area contributed by atoms with Gasteiger partial charge in [0, 0.05) is 31.4 Å². The van der Waals surface area contributed by atoms with Gasteiger partial charge in [0.15, 0.2) is 0 Å². The second-order valence-electron chi connectivity index (χ2n) is 5.12. The maximum Gasteiger partial charge on any atom is 0.303 e. The predicted octanol–water partition coefficient (Wildman–Crippen LogP) is 4.86. The van der Waals surface area contributed by atoms with Crippen LogP contribution in [0.2, 0.25) is 0 Å². The first kappa shape index (κ1) is 25.5. The third-order valence-corrected chi connectivity index (χ3v) is 2.99. The van der Waals surface area contributed by atoms with E-state index in [4.69, 9.17) is 10.2 Å². The minimum atomic E-state index is -0.670. The monoisotopic (exact) mass is 339 g/mol. The minimum absolute atomic E-state index is 0. The fourth-order valence-corrected chi connectivity index (χ4v) is 1.76. The van der Waals surface area contributed by atoms with Crippen LogP contribution in [0.15, 0.2) is 0 Å². The van der Waals surface area contributed by atoms with Gasteiger partial charge in [0.05, 0.1) is 0 Å². The van der Waals surface area contributed by atoms with Gasteiger partial charge in [0.1, 0.15) is 0 Å². The maximum absolute atomic E-state index is 10.0. The molecule has 21 heavy (non-hydrogen) atoms. The maximum atomic E-state index is 10.0. The fraction of sp³-hybridized carbons (Fsp3) is 0.875. The summed E-state index contributed by atoms with van der Waals surface area (Å²) in [6.45, 7) is 4.30. The summed E-state index contributed by atoms with van der Waals surface area (Å²) in [6, 6.07) is 0. The molecule has 0 saturated carbocycles. The Morgan fingerprint density at radius 1 is 0.619 bits per heavy atom. The third kappa shape index (κ3) is 32.8. The van der Waals surface area contributed by atoms with Crippen molar-refractivity contribution in [1.82, 2.24) is 0 Å². The summed E-state index contributed by atoms with van der Waals surface area (Å²) in [5, 5.41) is 16.5. The molecule has 0 heterocycles. The van der Waals surface area contributed by atoms with Gasteiger partial charge in [-0.3, -0.25) is 9.59 Å². The van der Waals surface area contributed by atoms with Gasteiger partial charge < -0.3 is 10.2 Å². The zero-order chi connectivity index (χ0) is 15.6.